The molecule has 0 amide bonds. The predicted octanol–water partition coefficient (Wildman–Crippen LogP) is 2.41. The highest BCUT2D eigenvalue weighted by atomic mass is 15.1. The summed E-state index contributed by atoms with van der Waals surface area (Å²) in [4.78, 5) is 4.56. The first kappa shape index (κ1) is 10.7. The third kappa shape index (κ3) is 2.40. The molecule has 1 heterocycles. The lowest BCUT2D eigenvalue weighted by molar-refractivity contribution is 0.332. The van der Waals surface area contributed by atoms with Gasteiger partial charge < -0.3 is 9.88 Å². The number of nitrogens with one attached hydrogen (secondary N) is 1. The van der Waals surface area contributed by atoms with E-state index >= 15 is 0 Å². The minimum Gasteiger partial charge on any atom is -0.331 e. The van der Waals surface area contributed by atoms with Gasteiger partial charge in [0.2, 0.25) is 0 Å². The van der Waals surface area contributed by atoms with E-state index in [0.29, 0.717) is 6.04 Å². The molecule has 1 fully saturated rings. The van der Waals surface area contributed by atoms with Gasteiger partial charge in [-0.1, -0.05) is 6.42 Å². The molecule has 1 aromatic rings. The highest BCUT2D eigenvalue weighted by Crippen LogP contribution is 2.19. The van der Waals surface area contributed by atoms with Gasteiger partial charge in [-0.2, -0.15) is 0 Å². The molecule has 0 saturated heterocycles. The van der Waals surface area contributed by atoms with Gasteiger partial charge >= 0.3 is 0 Å². The quantitative estimate of drug-likeness (QED) is 0.821. The van der Waals surface area contributed by atoms with Crippen LogP contribution < -0.4 is 5.32 Å². The summed E-state index contributed by atoms with van der Waals surface area (Å²) in [7, 11) is 0. The van der Waals surface area contributed by atoms with E-state index in [1.807, 2.05) is 0 Å². The number of imidazole rings is 1. The van der Waals surface area contributed by atoms with Gasteiger partial charge in [0.15, 0.2) is 0 Å². The van der Waals surface area contributed by atoms with Crippen molar-refractivity contribution < 1.29 is 0 Å². The van der Waals surface area contributed by atoms with Crippen molar-refractivity contribution in [2.75, 3.05) is 0 Å². The Hall–Kier alpha value is -0.830. The Morgan fingerprint density at radius 2 is 2.27 bits per heavy atom. The van der Waals surface area contributed by atoms with Gasteiger partial charge in [-0.15, -0.1) is 0 Å². The van der Waals surface area contributed by atoms with Crippen molar-refractivity contribution in [2.24, 2.45) is 0 Å². The van der Waals surface area contributed by atoms with Gasteiger partial charge in [0.25, 0.3) is 0 Å². The lowest BCUT2D eigenvalue weighted by atomic mass is 9.93. The first-order valence-corrected chi connectivity index (χ1v) is 5.94. The van der Waals surface area contributed by atoms with Crippen molar-refractivity contribution in [2.45, 2.75) is 58.7 Å². The van der Waals surface area contributed by atoms with Gasteiger partial charge in [0, 0.05) is 18.3 Å². The smallest absolute Gasteiger partial charge is 0.123 e. The van der Waals surface area contributed by atoms with Gasteiger partial charge in [-0.3, -0.25) is 0 Å². The maximum absolute atomic E-state index is 4.56. The lowest BCUT2D eigenvalue weighted by Gasteiger charge is -2.26. The van der Waals surface area contributed by atoms with Crippen LogP contribution in [0.5, 0.6) is 0 Å². The molecule has 0 spiro atoms. The summed E-state index contributed by atoms with van der Waals surface area (Å²) in [5.41, 5.74) is 1.12. The molecular formula is C12H21N3. The summed E-state index contributed by atoms with van der Waals surface area (Å²) in [6.07, 6.45) is 6.19. The van der Waals surface area contributed by atoms with Crippen LogP contribution >= 0.6 is 0 Å². The highest BCUT2D eigenvalue weighted by Gasteiger charge is 2.17. The maximum atomic E-state index is 4.56. The Kier molecular flexibility index (Phi) is 3.10. The van der Waals surface area contributed by atoms with Crippen LogP contribution in [-0.2, 0) is 6.54 Å². The maximum Gasteiger partial charge on any atom is 0.123 e. The summed E-state index contributed by atoms with van der Waals surface area (Å²) >= 11 is 0. The number of hydrogen-bond acceptors (Lipinski definition) is 2. The van der Waals surface area contributed by atoms with E-state index in [2.05, 4.69) is 41.8 Å². The molecule has 1 aliphatic carbocycles. The molecule has 15 heavy (non-hydrogen) atoms. The van der Waals surface area contributed by atoms with E-state index in [1.54, 1.807) is 0 Å². The predicted molar refractivity (Wildman–Crippen MR) is 61.8 cm³/mol. The van der Waals surface area contributed by atoms with Crippen molar-refractivity contribution >= 4 is 0 Å². The van der Waals surface area contributed by atoms with Crippen LogP contribution in [0.3, 0.4) is 0 Å². The highest BCUT2D eigenvalue weighted by molar-refractivity contribution is 5.03. The summed E-state index contributed by atoms with van der Waals surface area (Å²) in [6, 6.07) is 1.24. The molecule has 1 aliphatic rings. The Morgan fingerprint density at radius 3 is 2.80 bits per heavy atom. The number of hydrogen-bond donors (Lipinski definition) is 1. The van der Waals surface area contributed by atoms with Crippen LogP contribution in [0.4, 0.5) is 0 Å². The normalized spacial score (nSPS) is 17.1. The second kappa shape index (κ2) is 4.35. The Balaban J connectivity index is 1.98. The average molecular weight is 207 g/mol. The number of aromatic nitrogens is 2. The molecule has 0 aromatic carbocycles. The van der Waals surface area contributed by atoms with Crippen LogP contribution in [0.2, 0.25) is 0 Å². The van der Waals surface area contributed by atoms with Crippen LogP contribution in [0.15, 0.2) is 6.20 Å². The van der Waals surface area contributed by atoms with Crippen molar-refractivity contribution in [3.8, 4) is 0 Å². The minimum absolute atomic E-state index is 0.504. The van der Waals surface area contributed by atoms with E-state index in [1.165, 1.54) is 25.1 Å². The van der Waals surface area contributed by atoms with E-state index in [0.717, 1.165) is 18.3 Å². The molecule has 1 N–H and O–H groups in total. The molecular weight excluding hydrogens is 186 g/mol. The minimum atomic E-state index is 0.504. The van der Waals surface area contributed by atoms with Crippen LogP contribution in [0.25, 0.3) is 0 Å². The largest absolute Gasteiger partial charge is 0.331 e. The standard InChI is InChI=1S/C12H21N3/c1-9(2)15-8-10(3)14-12(15)7-13-11-5-4-6-11/h8-9,11,13H,4-7H2,1-3H3. The Labute approximate surface area is 91.9 Å². The fourth-order valence-electron chi connectivity index (χ4n) is 1.99. The fraction of sp³-hybridized carbons (Fsp3) is 0.750. The van der Waals surface area contributed by atoms with Gasteiger partial charge in [0.1, 0.15) is 5.82 Å². The van der Waals surface area contributed by atoms with Crippen LogP contribution in [0.1, 0.15) is 50.7 Å². The number of rotatable bonds is 4. The SMILES string of the molecule is Cc1cn(C(C)C)c(CNC2CCC2)n1. The molecule has 2 rings (SSSR count). The molecule has 0 aliphatic heterocycles. The summed E-state index contributed by atoms with van der Waals surface area (Å²) in [5, 5.41) is 3.56. The monoisotopic (exact) mass is 207 g/mol. The molecule has 0 unspecified atom stereocenters. The summed E-state index contributed by atoms with van der Waals surface area (Å²) in [6.45, 7) is 7.38. The topological polar surface area (TPSA) is 29.9 Å². The molecule has 0 radical (unpaired) electrons. The molecule has 3 nitrogen and oxygen atoms in total. The zero-order valence-corrected chi connectivity index (χ0v) is 9.95. The molecule has 1 aromatic heterocycles. The van der Waals surface area contributed by atoms with Crippen molar-refractivity contribution in [3.63, 3.8) is 0 Å². The zero-order valence-electron chi connectivity index (χ0n) is 9.95. The Morgan fingerprint density at radius 1 is 1.53 bits per heavy atom. The Bertz CT molecular complexity index is 324. The van der Waals surface area contributed by atoms with E-state index in [4.69, 9.17) is 0 Å². The second-order valence-electron chi connectivity index (χ2n) is 4.81. The third-order valence-corrected chi connectivity index (χ3v) is 3.14. The third-order valence-electron chi connectivity index (χ3n) is 3.14. The molecule has 84 valence electrons. The number of aryl methyl sites for hydroxylation is 1. The van der Waals surface area contributed by atoms with Crippen LogP contribution in [0, 0.1) is 6.92 Å². The first-order chi connectivity index (χ1) is 7.16. The van der Waals surface area contributed by atoms with Crippen molar-refractivity contribution in [3.05, 3.63) is 17.7 Å². The molecule has 0 atom stereocenters. The summed E-state index contributed by atoms with van der Waals surface area (Å²) < 4.78 is 2.26. The van der Waals surface area contributed by atoms with E-state index in [9.17, 15) is 0 Å². The molecule has 1 saturated carbocycles. The fourth-order valence-corrected chi connectivity index (χ4v) is 1.99. The van der Waals surface area contributed by atoms with E-state index < -0.39 is 0 Å². The van der Waals surface area contributed by atoms with E-state index in [-0.39, 0.29) is 0 Å². The van der Waals surface area contributed by atoms with Crippen LogP contribution in [-0.4, -0.2) is 15.6 Å². The van der Waals surface area contributed by atoms with Gasteiger partial charge in [-0.05, 0) is 33.6 Å². The summed E-state index contributed by atoms with van der Waals surface area (Å²) in [5.74, 6) is 1.18. The number of nitrogens with zero attached hydrogens (tertiary/aromatic N) is 2. The zero-order chi connectivity index (χ0) is 10.8. The lowest BCUT2D eigenvalue weighted by Crippen LogP contribution is -2.35. The van der Waals surface area contributed by atoms with Crippen molar-refractivity contribution in [1.82, 2.24) is 14.9 Å². The van der Waals surface area contributed by atoms with Gasteiger partial charge in [-0.25, -0.2) is 4.98 Å². The molecule has 3 heteroatoms. The van der Waals surface area contributed by atoms with Gasteiger partial charge in [0.05, 0.1) is 12.2 Å². The van der Waals surface area contributed by atoms with Crippen molar-refractivity contribution in [1.29, 1.82) is 0 Å². The second-order valence-corrected chi connectivity index (χ2v) is 4.81. The average Bonchev–Trinajstić information content (AvgIpc) is 2.44. The molecule has 0 bridgehead atoms. The first-order valence-electron chi connectivity index (χ1n) is 5.94.